The molecule has 0 spiro atoms. The number of carbonyl (C=O) groups is 2. The zero-order valence-electron chi connectivity index (χ0n) is 13.3. The van der Waals surface area contributed by atoms with Crippen LogP contribution in [0, 0.1) is 13.8 Å². The molecule has 2 aromatic heterocycles. The predicted octanol–water partition coefficient (Wildman–Crippen LogP) is 0.703. The maximum atomic E-state index is 13.9. The van der Waals surface area contributed by atoms with Gasteiger partial charge in [0.25, 0.3) is 11.8 Å². The Morgan fingerprint density at radius 2 is 2.21 bits per heavy atom. The molecule has 3 rings (SSSR count). The predicted molar refractivity (Wildman–Crippen MR) is 84.5 cm³/mol. The van der Waals surface area contributed by atoms with E-state index in [1.54, 1.807) is 6.92 Å². The number of hydrogen-bond donors (Lipinski definition) is 1. The average Bonchev–Trinajstić information content (AvgIpc) is 3.18. The summed E-state index contributed by atoms with van der Waals surface area (Å²) in [4.78, 5) is 30.1. The van der Waals surface area contributed by atoms with Gasteiger partial charge in [0.15, 0.2) is 5.69 Å². The molecule has 1 fully saturated rings. The van der Waals surface area contributed by atoms with Gasteiger partial charge in [0.1, 0.15) is 11.0 Å². The second-order valence-corrected chi connectivity index (χ2v) is 6.99. The molecule has 8 nitrogen and oxygen atoms in total. The fourth-order valence-electron chi connectivity index (χ4n) is 2.86. The Morgan fingerprint density at radius 1 is 1.46 bits per heavy atom. The largest absolute Gasteiger partial charge is 0.364 e. The summed E-state index contributed by atoms with van der Waals surface area (Å²) < 4.78 is 15.3. The molecule has 0 aromatic carbocycles. The zero-order valence-corrected chi connectivity index (χ0v) is 14.1. The summed E-state index contributed by atoms with van der Waals surface area (Å²) in [6.45, 7) is 3.89. The highest BCUT2D eigenvalue weighted by Crippen LogP contribution is 2.27. The quantitative estimate of drug-likeness (QED) is 0.872. The second-order valence-electron chi connectivity index (χ2n) is 5.78. The van der Waals surface area contributed by atoms with Gasteiger partial charge in [-0.1, -0.05) is 5.21 Å². The van der Waals surface area contributed by atoms with Gasteiger partial charge in [0.2, 0.25) is 0 Å². The van der Waals surface area contributed by atoms with Crippen molar-refractivity contribution in [2.75, 3.05) is 6.54 Å². The van der Waals surface area contributed by atoms with Gasteiger partial charge in [-0.25, -0.2) is 14.1 Å². The highest BCUT2D eigenvalue weighted by molar-refractivity contribution is 7.13. The molecule has 0 radical (unpaired) electrons. The number of halogens is 1. The molecule has 2 N–H and O–H groups in total. The maximum absolute atomic E-state index is 13.9. The van der Waals surface area contributed by atoms with E-state index in [2.05, 4.69) is 15.3 Å². The molecule has 128 valence electrons. The molecule has 3 heterocycles. The summed E-state index contributed by atoms with van der Waals surface area (Å²) in [5.41, 5.74) is 5.83. The van der Waals surface area contributed by atoms with E-state index >= 15 is 0 Å². The van der Waals surface area contributed by atoms with Gasteiger partial charge in [0.05, 0.1) is 36.0 Å². The van der Waals surface area contributed by atoms with Crippen molar-refractivity contribution in [1.29, 1.82) is 0 Å². The van der Waals surface area contributed by atoms with E-state index in [9.17, 15) is 14.0 Å². The van der Waals surface area contributed by atoms with E-state index in [-0.39, 0.29) is 37.2 Å². The summed E-state index contributed by atoms with van der Waals surface area (Å²) in [5.74, 6) is -0.904. The van der Waals surface area contributed by atoms with E-state index in [0.717, 1.165) is 5.01 Å². The number of rotatable bonds is 4. The first-order valence-electron chi connectivity index (χ1n) is 7.44. The van der Waals surface area contributed by atoms with Gasteiger partial charge in [-0.3, -0.25) is 9.59 Å². The number of alkyl halides is 1. The van der Waals surface area contributed by atoms with Crippen molar-refractivity contribution in [2.24, 2.45) is 5.73 Å². The summed E-state index contributed by atoms with van der Waals surface area (Å²) in [6, 6.07) is -0.364. The summed E-state index contributed by atoms with van der Waals surface area (Å²) in [5, 5.41) is 8.26. The van der Waals surface area contributed by atoms with Crippen molar-refractivity contribution < 1.29 is 14.0 Å². The van der Waals surface area contributed by atoms with Crippen LogP contribution < -0.4 is 5.73 Å². The molecule has 1 saturated heterocycles. The molecule has 0 saturated carbocycles. The van der Waals surface area contributed by atoms with Gasteiger partial charge < -0.3 is 10.6 Å². The van der Waals surface area contributed by atoms with Crippen LogP contribution in [0.2, 0.25) is 0 Å². The molecule has 1 aliphatic rings. The minimum absolute atomic E-state index is 0.0385. The molecule has 0 bridgehead atoms. The van der Waals surface area contributed by atoms with Crippen molar-refractivity contribution in [1.82, 2.24) is 24.9 Å². The lowest BCUT2D eigenvalue weighted by Gasteiger charge is -2.23. The standard InChI is InChI=1S/C14H17FN6O2S/c1-7-12(24-8(2)17-7)14(23)21-4-9(15)3-10(21)5-20-6-11(13(16)22)18-19-20/h6,9-10H,3-5H2,1-2H3,(H2,16,22)/t9-,10-/m0/s1. The van der Waals surface area contributed by atoms with Crippen LogP contribution in [-0.2, 0) is 6.54 Å². The first-order valence-corrected chi connectivity index (χ1v) is 8.25. The van der Waals surface area contributed by atoms with Crippen molar-refractivity contribution >= 4 is 23.2 Å². The normalized spacial score (nSPS) is 20.5. The van der Waals surface area contributed by atoms with Gasteiger partial charge in [-0.2, -0.15) is 0 Å². The SMILES string of the molecule is Cc1nc(C)c(C(=O)N2C[C@@H](F)C[C@H]2Cn2cc(C(N)=O)nn2)s1. The van der Waals surface area contributed by atoms with E-state index in [0.29, 0.717) is 10.6 Å². The minimum Gasteiger partial charge on any atom is -0.364 e. The third kappa shape index (κ3) is 3.14. The van der Waals surface area contributed by atoms with Crippen molar-refractivity contribution in [3.63, 3.8) is 0 Å². The number of carbonyl (C=O) groups excluding carboxylic acids is 2. The summed E-state index contributed by atoms with van der Waals surface area (Å²) in [6.07, 6.45) is 0.528. The highest BCUT2D eigenvalue weighted by Gasteiger charge is 2.37. The Morgan fingerprint density at radius 3 is 2.79 bits per heavy atom. The van der Waals surface area contributed by atoms with Crippen LogP contribution in [0.5, 0.6) is 0 Å². The number of nitrogens with zero attached hydrogens (tertiary/aromatic N) is 5. The Labute approximate surface area is 141 Å². The smallest absolute Gasteiger partial charge is 0.270 e. The number of aromatic nitrogens is 4. The molecule has 0 unspecified atom stereocenters. The van der Waals surface area contributed by atoms with Crippen molar-refractivity contribution in [3.05, 3.63) is 27.5 Å². The van der Waals surface area contributed by atoms with Crippen LogP contribution >= 0.6 is 11.3 Å². The van der Waals surface area contributed by atoms with Crippen LogP contribution in [0.4, 0.5) is 4.39 Å². The Bertz CT molecular complexity index is 788. The summed E-state index contributed by atoms with van der Waals surface area (Å²) in [7, 11) is 0. The van der Waals surface area contributed by atoms with Gasteiger partial charge in [-0.15, -0.1) is 16.4 Å². The molecule has 10 heteroatoms. The third-order valence-electron chi connectivity index (χ3n) is 3.91. The fourth-order valence-corrected chi connectivity index (χ4v) is 3.73. The molecule has 1 aliphatic heterocycles. The van der Waals surface area contributed by atoms with Crippen LogP contribution in [0.15, 0.2) is 6.20 Å². The van der Waals surface area contributed by atoms with Crippen LogP contribution in [0.1, 0.15) is 37.3 Å². The molecule has 24 heavy (non-hydrogen) atoms. The molecular formula is C14H17FN6O2S. The topological polar surface area (TPSA) is 107 Å². The lowest BCUT2D eigenvalue weighted by atomic mass is 10.2. The first-order chi connectivity index (χ1) is 11.3. The first kappa shape index (κ1) is 16.5. The van der Waals surface area contributed by atoms with E-state index in [4.69, 9.17) is 5.73 Å². The van der Waals surface area contributed by atoms with Crippen LogP contribution in [-0.4, -0.2) is 55.5 Å². The zero-order chi connectivity index (χ0) is 17.4. The number of likely N-dealkylation sites (tertiary alicyclic amines) is 1. The Balaban J connectivity index is 1.79. The molecule has 2 amide bonds. The number of hydrogen-bond acceptors (Lipinski definition) is 6. The second kappa shape index (κ2) is 6.27. The number of thiazole rings is 1. The van der Waals surface area contributed by atoms with Crippen molar-refractivity contribution in [2.45, 2.75) is 39.0 Å². The number of aryl methyl sites for hydroxylation is 2. The number of primary amides is 1. The molecule has 2 aromatic rings. The van der Waals surface area contributed by atoms with E-state index in [1.165, 1.54) is 27.1 Å². The lowest BCUT2D eigenvalue weighted by Crippen LogP contribution is -2.38. The molecule has 0 aliphatic carbocycles. The molecule has 2 atom stereocenters. The average molecular weight is 352 g/mol. The number of nitrogens with two attached hydrogens (primary N) is 1. The minimum atomic E-state index is -1.09. The van der Waals surface area contributed by atoms with Gasteiger partial charge in [-0.05, 0) is 13.8 Å². The third-order valence-corrected chi connectivity index (χ3v) is 4.97. The lowest BCUT2D eigenvalue weighted by molar-refractivity contribution is 0.0718. The number of amides is 2. The monoisotopic (exact) mass is 352 g/mol. The molecular weight excluding hydrogens is 335 g/mol. The van der Waals surface area contributed by atoms with Gasteiger partial charge >= 0.3 is 0 Å². The Kier molecular flexibility index (Phi) is 4.31. The van der Waals surface area contributed by atoms with E-state index in [1.807, 2.05) is 6.92 Å². The maximum Gasteiger partial charge on any atom is 0.270 e. The van der Waals surface area contributed by atoms with Gasteiger partial charge in [0, 0.05) is 6.42 Å². The Hall–Kier alpha value is -2.36. The fraction of sp³-hybridized carbons (Fsp3) is 0.500. The summed E-state index contributed by atoms with van der Waals surface area (Å²) >= 11 is 1.31. The van der Waals surface area contributed by atoms with E-state index < -0.39 is 12.1 Å². The van der Waals surface area contributed by atoms with Crippen molar-refractivity contribution in [3.8, 4) is 0 Å². The van der Waals surface area contributed by atoms with Crippen LogP contribution in [0.25, 0.3) is 0 Å². The highest BCUT2D eigenvalue weighted by atomic mass is 32.1. The van der Waals surface area contributed by atoms with Crippen LogP contribution in [0.3, 0.4) is 0 Å².